The zero-order chi connectivity index (χ0) is 10.5. The van der Waals surface area contributed by atoms with Crippen molar-refractivity contribution >= 4 is 15.5 Å². The fourth-order valence-corrected chi connectivity index (χ4v) is 1.96. The molecule has 0 N–H and O–H groups in total. The summed E-state index contributed by atoms with van der Waals surface area (Å²) in [6, 6.07) is 0. The van der Waals surface area contributed by atoms with Crippen LogP contribution in [0.25, 0.3) is 0 Å². The number of hydrogen-bond donors (Lipinski definition) is 0. The fourth-order valence-electron chi connectivity index (χ4n) is 0.652. The molecule has 0 rings (SSSR count). The van der Waals surface area contributed by atoms with Gasteiger partial charge in [-0.15, -0.1) is 0 Å². The van der Waals surface area contributed by atoms with Crippen LogP contribution in [-0.2, 0) is 18.1 Å². The van der Waals surface area contributed by atoms with Gasteiger partial charge >= 0.3 is 9.53 Å². The number of hydrogen-bond acceptors (Lipinski definition) is 4. The van der Waals surface area contributed by atoms with Crippen LogP contribution in [0, 0.1) is 0 Å². The van der Waals surface area contributed by atoms with Crippen LogP contribution in [0.15, 0.2) is 0 Å². The van der Waals surface area contributed by atoms with E-state index in [0.717, 1.165) is 0 Å². The number of carbonyl (C=O) groups is 1. The van der Waals surface area contributed by atoms with Crippen LogP contribution in [0.3, 0.4) is 0 Å². The van der Waals surface area contributed by atoms with Gasteiger partial charge in [0, 0.05) is 13.5 Å². The van der Waals surface area contributed by atoms with Gasteiger partial charge in [-0.25, -0.2) is 0 Å². The van der Waals surface area contributed by atoms with Crippen molar-refractivity contribution in [2.45, 2.75) is 40.2 Å². The number of rotatable bonds is 4. The SMILES string of the molecule is CCO[SiH](OC(C)=O)OC(C)(C)C. The van der Waals surface area contributed by atoms with Gasteiger partial charge in [0.1, 0.15) is 0 Å². The first-order valence-corrected chi connectivity index (χ1v) is 5.73. The molecule has 0 aliphatic heterocycles. The average Bonchev–Trinajstić information content (AvgIpc) is 1.81. The van der Waals surface area contributed by atoms with Gasteiger partial charge in [-0.1, -0.05) is 0 Å². The quantitative estimate of drug-likeness (QED) is 0.647. The minimum atomic E-state index is -2.27. The van der Waals surface area contributed by atoms with E-state index in [1.807, 2.05) is 27.7 Å². The summed E-state index contributed by atoms with van der Waals surface area (Å²) in [7, 11) is -2.27. The highest BCUT2D eigenvalue weighted by Gasteiger charge is 2.25. The van der Waals surface area contributed by atoms with Crippen LogP contribution < -0.4 is 0 Å². The van der Waals surface area contributed by atoms with Crippen molar-refractivity contribution in [2.75, 3.05) is 6.61 Å². The van der Waals surface area contributed by atoms with Crippen molar-refractivity contribution in [1.29, 1.82) is 0 Å². The maximum atomic E-state index is 10.7. The van der Waals surface area contributed by atoms with Crippen LogP contribution in [0.5, 0.6) is 0 Å². The molecule has 0 fully saturated rings. The lowest BCUT2D eigenvalue weighted by atomic mass is 10.2. The van der Waals surface area contributed by atoms with Crippen LogP contribution in [-0.4, -0.2) is 27.7 Å². The second-order valence-electron chi connectivity index (χ2n) is 3.58. The molecule has 0 aliphatic carbocycles. The molecule has 78 valence electrons. The molecule has 13 heavy (non-hydrogen) atoms. The summed E-state index contributed by atoms with van der Waals surface area (Å²) in [5, 5.41) is 0. The molecule has 0 saturated heterocycles. The van der Waals surface area contributed by atoms with E-state index >= 15 is 0 Å². The third-order valence-corrected chi connectivity index (χ3v) is 3.04. The molecule has 0 amide bonds. The molecular weight excluding hydrogens is 188 g/mol. The lowest BCUT2D eigenvalue weighted by Crippen LogP contribution is -2.37. The van der Waals surface area contributed by atoms with Gasteiger partial charge in [-0.2, -0.15) is 0 Å². The van der Waals surface area contributed by atoms with E-state index in [4.69, 9.17) is 13.3 Å². The van der Waals surface area contributed by atoms with Gasteiger partial charge in [0.05, 0.1) is 5.60 Å². The molecule has 0 aliphatic rings. The van der Waals surface area contributed by atoms with E-state index in [0.29, 0.717) is 6.61 Å². The third kappa shape index (κ3) is 7.95. The Morgan fingerprint density at radius 3 is 2.23 bits per heavy atom. The van der Waals surface area contributed by atoms with E-state index in [9.17, 15) is 4.79 Å². The zero-order valence-electron chi connectivity index (χ0n) is 8.92. The highest BCUT2D eigenvalue weighted by atomic mass is 28.3. The normalized spacial score (nSPS) is 13.9. The maximum Gasteiger partial charge on any atom is 0.551 e. The molecule has 0 aromatic carbocycles. The summed E-state index contributed by atoms with van der Waals surface area (Å²) < 4.78 is 15.6. The molecular formula is C8H18O4Si. The van der Waals surface area contributed by atoms with Crippen molar-refractivity contribution in [2.24, 2.45) is 0 Å². The average molecular weight is 206 g/mol. The summed E-state index contributed by atoms with van der Waals surface area (Å²) in [6.07, 6.45) is 0. The van der Waals surface area contributed by atoms with Gasteiger partial charge in [0.25, 0.3) is 5.97 Å². The standard InChI is InChI=1S/C8H18O4Si/c1-6-10-13(11-7(2)9)12-8(3,4)5/h13H,6H2,1-5H3. The lowest BCUT2D eigenvalue weighted by molar-refractivity contribution is -0.136. The monoisotopic (exact) mass is 206 g/mol. The van der Waals surface area contributed by atoms with Crippen LogP contribution in [0.4, 0.5) is 0 Å². The third-order valence-electron chi connectivity index (χ3n) is 1.01. The Hall–Kier alpha value is -0.393. The maximum absolute atomic E-state index is 10.7. The summed E-state index contributed by atoms with van der Waals surface area (Å²) in [5.41, 5.74) is -0.332. The van der Waals surface area contributed by atoms with Gasteiger partial charge < -0.3 is 13.3 Å². The highest BCUT2D eigenvalue weighted by Crippen LogP contribution is 2.10. The predicted molar refractivity (Wildman–Crippen MR) is 51.4 cm³/mol. The number of carbonyl (C=O) groups excluding carboxylic acids is 1. The van der Waals surface area contributed by atoms with E-state index in [1.165, 1.54) is 6.92 Å². The molecule has 0 aromatic heterocycles. The molecule has 0 radical (unpaired) electrons. The summed E-state index contributed by atoms with van der Waals surface area (Å²) in [4.78, 5) is 10.7. The first kappa shape index (κ1) is 12.6. The Kier molecular flexibility index (Phi) is 5.20. The Bertz CT molecular complexity index is 164. The summed E-state index contributed by atoms with van der Waals surface area (Å²) >= 11 is 0. The molecule has 1 atom stereocenters. The predicted octanol–water partition coefficient (Wildman–Crippen LogP) is 1.12. The van der Waals surface area contributed by atoms with Gasteiger partial charge in [0.2, 0.25) is 0 Å². The highest BCUT2D eigenvalue weighted by molar-refractivity contribution is 6.39. The Morgan fingerprint density at radius 1 is 1.38 bits per heavy atom. The molecule has 5 heteroatoms. The molecule has 0 spiro atoms. The van der Waals surface area contributed by atoms with Crippen LogP contribution in [0.1, 0.15) is 34.6 Å². The Labute approximate surface area is 81.1 Å². The minimum Gasteiger partial charge on any atom is -0.476 e. The first-order valence-electron chi connectivity index (χ1n) is 4.32. The van der Waals surface area contributed by atoms with Crippen molar-refractivity contribution in [3.63, 3.8) is 0 Å². The zero-order valence-corrected chi connectivity index (χ0v) is 10.1. The Morgan fingerprint density at radius 2 is 1.92 bits per heavy atom. The van der Waals surface area contributed by atoms with E-state index < -0.39 is 9.53 Å². The minimum absolute atomic E-state index is 0.332. The van der Waals surface area contributed by atoms with Crippen LogP contribution in [0.2, 0.25) is 0 Å². The van der Waals surface area contributed by atoms with Crippen molar-refractivity contribution in [1.82, 2.24) is 0 Å². The first-order chi connectivity index (χ1) is 5.85. The van der Waals surface area contributed by atoms with E-state index in [-0.39, 0.29) is 11.6 Å². The van der Waals surface area contributed by atoms with Gasteiger partial charge in [-0.05, 0) is 27.7 Å². The molecule has 1 unspecified atom stereocenters. The molecule has 0 heterocycles. The topological polar surface area (TPSA) is 44.8 Å². The second kappa shape index (κ2) is 5.36. The van der Waals surface area contributed by atoms with Crippen molar-refractivity contribution in [3.8, 4) is 0 Å². The van der Waals surface area contributed by atoms with Gasteiger partial charge in [0.15, 0.2) is 0 Å². The molecule has 0 aromatic rings. The molecule has 0 bridgehead atoms. The van der Waals surface area contributed by atoms with E-state index in [2.05, 4.69) is 0 Å². The van der Waals surface area contributed by atoms with Crippen molar-refractivity contribution < 1.29 is 18.1 Å². The fraction of sp³-hybridized carbons (Fsp3) is 0.875. The second-order valence-corrected chi connectivity index (χ2v) is 4.97. The smallest absolute Gasteiger partial charge is 0.476 e. The largest absolute Gasteiger partial charge is 0.551 e. The van der Waals surface area contributed by atoms with E-state index in [1.54, 1.807) is 0 Å². The molecule has 4 nitrogen and oxygen atoms in total. The summed E-state index contributed by atoms with van der Waals surface area (Å²) in [5.74, 6) is -0.352. The van der Waals surface area contributed by atoms with Crippen LogP contribution >= 0.6 is 0 Å². The van der Waals surface area contributed by atoms with Crippen molar-refractivity contribution in [3.05, 3.63) is 0 Å². The lowest BCUT2D eigenvalue weighted by Gasteiger charge is -2.24. The van der Waals surface area contributed by atoms with Gasteiger partial charge in [-0.3, -0.25) is 4.79 Å². The summed E-state index contributed by atoms with van der Waals surface area (Å²) in [6.45, 7) is 9.39. The Balaban J connectivity index is 4.01. The molecule has 0 saturated carbocycles.